The van der Waals surface area contributed by atoms with Crippen LogP contribution in [-0.2, 0) is 64.0 Å². The van der Waals surface area contributed by atoms with Gasteiger partial charge in [0.2, 0.25) is 41.2 Å². The molecule has 0 aliphatic rings. The van der Waals surface area contributed by atoms with Gasteiger partial charge in [-0.25, -0.2) is 34.9 Å². The van der Waals surface area contributed by atoms with Gasteiger partial charge in [0, 0.05) is 89.4 Å². The Labute approximate surface area is 760 Å². The van der Waals surface area contributed by atoms with Gasteiger partial charge in [-0.2, -0.15) is 13.7 Å². The van der Waals surface area contributed by atoms with Gasteiger partial charge in [0.15, 0.2) is 0 Å². The summed E-state index contributed by atoms with van der Waals surface area (Å²) in [5.74, 6) is 15.3. The summed E-state index contributed by atoms with van der Waals surface area (Å²) in [7, 11) is -5.00. The third kappa shape index (κ3) is 32.4. The molecule has 128 heavy (non-hydrogen) atoms. The highest BCUT2D eigenvalue weighted by Crippen LogP contribution is 2.30. The zero-order valence-electron chi connectivity index (χ0n) is 74.6. The number of hydrogen-bond acceptors (Lipinski definition) is 20. The largest absolute Gasteiger partial charge is 0.481 e. The van der Waals surface area contributed by atoms with Gasteiger partial charge >= 0.3 is 5.97 Å². The van der Waals surface area contributed by atoms with E-state index >= 15 is 0 Å². The number of alkyl halides is 1. The molecule has 0 spiro atoms. The highest BCUT2D eigenvalue weighted by Gasteiger charge is 2.21. The molecule has 15 aromatic rings. The fraction of sp³-hybridized carbons (Fsp3) is 0.279. The number of aliphatic hydroxyl groups is 1. The standard InChI is InChI=1S/C19H19NO4S.C18H23NOSi.C15H15NO.C13H14BrNO.C13H12N2O.C13H13NO3.C13H15NO2/c1-14-8-10-17(11-9-14)25(21,22)23-13-12-18-15(2)24-19(20-18)16-6-4-3-5-7-16;1-15-17(13-9-6-10-14-21(2,3)4)19-18(20-15)16-11-7-5-8-12-16;1-3-4-6-11-14-12(2)17-15(16-14)13-9-7-5-8-10-13;2*1-10-12(8-5-9-14)15-13(16-10)11-6-3-2-4-7-11;1-9-11(7-8-12(15)16)14-13(17-9)10-5-3-2-4-6-10;1-10-12(8-5-9-15)14-13(16-10)11-6-3-2-4-7-11/h3-11H,12-13H2,1-2H3;5,7-8,11-12H,6,9,13H2,1-4H3;1,5,7-10H,4,6,11H2,2H3;2-4,6-7H,5,8-9H2,1H3;2-4,6-7H,5,8H2,1H3;2-6H,7-8H2,1H3,(H,15,16);2-4,6-7,15H,5,8-9H2,1H3. The first-order valence-electron chi connectivity index (χ1n) is 42.6. The second-order valence-electron chi connectivity index (χ2n) is 30.7. The Morgan fingerprint density at radius 3 is 0.938 bits per heavy atom. The third-order valence-corrected chi connectivity index (χ3v) is 22.2. The van der Waals surface area contributed by atoms with E-state index in [9.17, 15) is 13.2 Å². The predicted octanol–water partition coefficient (Wildman–Crippen LogP) is 24.7. The highest BCUT2D eigenvalue weighted by molar-refractivity contribution is 9.09. The number of halogens is 1. The number of hydrogen-bond donors (Lipinski definition) is 2. The first-order valence-corrected chi connectivity index (χ1v) is 48.6. The molecule has 0 aliphatic carbocycles. The van der Waals surface area contributed by atoms with E-state index in [0.29, 0.717) is 78.0 Å². The summed E-state index contributed by atoms with van der Waals surface area (Å²) in [6.07, 6.45) is 16.3. The number of carboxylic acids is 1. The molecule has 8 aromatic carbocycles. The number of carboxylic acid groups (broad SMARTS) is 1. The maximum atomic E-state index is 12.2. The smallest absolute Gasteiger partial charge is 0.303 e. The van der Waals surface area contributed by atoms with Gasteiger partial charge in [-0.15, -0.1) is 23.8 Å². The van der Waals surface area contributed by atoms with Crippen LogP contribution in [0.2, 0.25) is 19.6 Å². The number of nitrogens with zero attached hydrogens (tertiary/aromatic N) is 8. The molecule has 662 valence electrons. The Bertz CT molecular complexity index is 6030. The molecule has 0 unspecified atom stereocenters. The molecule has 7 heterocycles. The van der Waals surface area contributed by atoms with Crippen LogP contribution in [0.1, 0.15) is 137 Å². The van der Waals surface area contributed by atoms with E-state index in [1.165, 1.54) is 0 Å². The number of rotatable bonds is 29. The number of aliphatic hydroxyl groups excluding tert-OH is 1. The fourth-order valence-electron chi connectivity index (χ4n) is 12.5. The lowest BCUT2D eigenvalue weighted by Gasteiger charge is -2.05. The van der Waals surface area contributed by atoms with E-state index in [2.05, 4.69) is 93.9 Å². The molecule has 15 rings (SSSR count). The van der Waals surface area contributed by atoms with Crippen molar-refractivity contribution in [2.45, 2.75) is 176 Å². The normalized spacial score (nSPS) is 10.7. The molecule has 24 heteroatoms. The number of oxazole rings is 7. The van der Waals surface area contributed by atoms with Crippen LogP contribution >= 0.6 is 15.9 Å². The second-order valence-corrected chi connectivity index (χ2v) is 37.8. The van der Waals surface area contributed by atoms with Crippen LogP contribution in [0.3, 0.4) is 0 Å². The van der Waals surface area contributed by atoms with Crippen molar-refractivity contribution in [1.29, 1.82) is 5.26 Å². The minimum atomic E-state index is -3.76. The van der Waals surface area contributed by atoms with E-state index in [-0.39, 0.29) is 24.5 Å². The van der Waals surface area contributed by atoms with Crippen molar-refractivity contribution >= 4 is 40.1 Å². The lowest BCUT2D eigenvalue weighted by atomic mass is 10.2. The number of carbonyl (C=O) groups is 1. The maximum absolute atomic E-state index is 12.2. The molecule has 21 nitrogen and oxygen atoms in total. The minimum absolute atomic E-state index is 0.0117. The van der Waals surface area contributed by atoms with Crippen LogP contribution in [0.5, 0.6) is 0 Å². The average Bonchev–Trinajstić information content (AvgIpc) is 1.66. The molecule has 0 fully saturated rings. The van der Waals surface area contributed by atoms with Gasteiger partial charge in [0.1, 0.15) is 48.4 Å². The summed E-state index contributed by atoms with van der Waals surface area (Å²) in [6, 6.07) is 77.4. The highest BCUT2D eigenvalue weighted by atomic mass is 79.9. The molecule has 0 radical (unpaired) electrons. The SMILES string of the molecule is C#CCCCc1nc(-c2ccccc2)oc1C.Cc1ccc(S(=O)(=O)OCCc2nc(-c3ccccc3)oc2C)cc1.Cc1oc(-c2ccccc2)nc1CCC#N.Cc1oc(-c2ccccc2)nc1CCC(=O)O.Cc1oc(-c2ccccc2)nc1CCCBr.Cc1oc(-c2ccccc2)nc1CCCC#C[Si](C)(C)C.Cc1oc(-c2ccccc2)nc1CCCO. The average molecular weight is 1820 g/mol. The first kappa shape index (κ1) is 98.7. The Kier molecular flexibility index (Phi) is 39.7. The summed E-state index contributed by atoms with van der Waals surface area (Å²) in [5.41, 5.74) is 17.6. The number of aryl methyl sites for hydroxylation is 14. The van der Waals surface area contributed by atoms with Gasteiger partial charge in [0.25, 0.3) is 10.1 Å². The van der Waals surface area contributed by atoms with Gasteiger partial charge in [-0.3, -0.25) is 8.98 Å². The Morgan fingerprint density at radius 2 is 0.664 bits per heavy atom. The summed E-state index contributed by atoms with van der Waals surface area (Å²) in [4.78, 5) is 41.9. The number of aliphatic carboxylic acids is 1. The fourth-order valence-corrected chi connectivity index (χ4v) is 14.3. The van der Waals surface area contributed by atoms with E-state index in [1.54, 1.807) is 31.2 Å². The maximum Gasteiger partial charge on any atom is 0.303 e. The molecule has 2 N–H and O–H groups in total. The van der Waals surface area contributed by atoms with Gasteiger partial charge in [-0.1, -0.05) is 181 Å². The lowest BCUT2D eigenvalue weighted by molar-refractivity contribution is -0.137. The summed E-state index contributed by atoms with van der Waals surface area (Å²) in [6.45, 7) is 22.2. The molecular formula is C104H111BrN8O13SSi. The third-order valence-electron chi connectivity index (χ3n) is 19.4. The van der Waals surface area contributed by atoms with Crippen molar-refractivity contribution in [3.05, 3.63) is 322 Å². The lowest BCUT2D eigenvalue weighted by Crippen LogP contribution is -2.16. The molecule has 7 aromatic heterocycles. The van der Waals surface area contributed by atoms with Crippen LogP contribution in [-0.4, -0.2) is 86.1 Å². The van der Waals surface area contributed by atoms with E-state index in [0.717, 1.165) is 183 Å². The Hall–Kier alpha value is -13.1. The number of benzene rings is 8. The molecule has 0 atom stereocenters. The number of nitriles is 1. The Balaban J connectivity index is 0.000000170. The van der Waals surface area contributed by atoms with E-state index < -0.39 is 24.2 Å². The van der Waals surface area contributed by atoms with Gasteiger partial charge in [0.05, 0.1) is 63.8 Å². The van der Waals surface area contributed by atoms with Crippen molar-refractivity contribution in [2.75, 3.05) is 18.5 Å². The predicted molar refractivity (Wildman–Crippen MR) is 508 cm³/mol. The number of unbranched alkanes of at least 4 members (excludes halogenated alkanes) is 2. The first-order chi connectivity index (χ1) is 61.8. The molecule has 0 amide bonds. The monoisotopic (exact) mass is 1820 g/mol. The second kappa shape index (κ2) is 51.5. The topological polar surface area (TPSA) is 307 Å². The van der Waals surface area contributed by atoms with E-state index in [4.69, 9.17) is 57.0 Å². The zero-order chi connectivity index (χ0) is 91.6. The summed E-state index contributed by atoms with van der Waals surface area (Å²) < 4.78 is 69.0. The minimum Gasteiger partial charge on any atom is -0.481 e. The van der Waals surface area contributed by atoms with Crippen LogP contribution in [0, 0.1) is 90.5 Å². The number of aromatic nitrogens is 7. The summed E-state index contributed by atoms with van der Waals surface area (Å²) in [5, 5.41) is 26.9. The zero-order valence-corrected chi connectivity index (χ0v) is 78.0. The van der Waals surface area contributed by atoms with Crippen molar-refractivity contribution in [2.24, 2.45) is 0 Å². The van der Waals surface area contributed by atoms with Crippen LogP contribution in [0.4, 0.5) is 0 Å². The van der Waals surface area contributed by atoms with Crippen molar-refractivity contribution < 1.29 is 58.5 Å². The van der Waals surface area contributed by atoms with Crippen molar-refractivity contribution in [1.82, 2.24) is 34.9 Å². The van der Waals surface area contributed by atoms with Crippen LogP contribution in [0.25, 0.3) is 80.2 Å². The van der Waals surface area contributed by atoms with Gasteiger partial charge < -0.3 is 41.1 Å². The Morgan fingerprint density at radius 1 is 0.391 bits per heavy atom. The molecule has 0 saturated heterocycles. The van der Waals surface area contributed by atoms with Crippen LogP contribution in [0.15, 0.2) is 272 Å². The number of terminal acetylenes is 1. The van der Waals surface area contributed by atoms with Crippen molar-refractivity contribution in [3.8, 4) is 110 Å². The van der Waals surface area contributed by atoms with Gasteiger partial charge in [-0.05, 0) is 204 Å². The van der Waals surface area contributed by atoms with Crippen molar-refractivity contribution in [3.63, 3.8) is 0 Å². The molecule has 0 bridgehead atoms. The van der Waals surface area contributed by atoms with E-state index in [1.807, 2.05) is 261 Å². The molecule has 0 aliphatic heterocycles. The molecule has 0 saturated carbocycles. The van der Waals surface area contributed by atoms with Crippen LogP contribution < -0.4 is 0 Å². The molecular weight excluding hydrogens is 1710 g/mol. The summed E-state index contributed by atoms with van der Waals surface area (Å²) >= 11 is 3.42. The quantitative estimate of drug-likeness (QED) is 0.0145.